The quantitative estimate of drug-likeness (QED) is 0.779. The Bertz CT molecular complexity index is 219. The maximum absolute atomic E-state index is 11.2. The predicted octanol–water partition coefficient (Wildman–Crippen LogP) is 0.827. The summed E-state index contributed by atoms with van der Waals surface area (Å²) in [5.74, 6) is 1.75. The lowest BCUT2D eigenvalue weighted by atomic mass is 10.0. The highest BCUT2D eigenvalue weighted by molar-refractivity contribution is 7.85. The van der Waals surface area contributed by atoms with Crippen LogP contribution in [0.1, 0.15) is 26.7 Å². The highest BCUT2D eigenvalue weighted by Crippen LogP contribution is 2.12. The van der Waals surface area contributed by atoms with Crippen LogP contribution in [0.2, 0.25) is 0 Å². The molecule has 1 aliphatic heterocycles. The van der Waals surface area contributed by atoms with Gasteiger partial charge < -0.3 is 10.2 Å². The smallest absolute Gasteiger partial charge is 0.0271 e. The van der Waals surface area contributed by atoms with Gasteiger partial charge in [-0.25, -0.2) is 0 Å². The molecule has 0 spiro atoms. The van der Waals surface area contributed by atoms with Crippen LogP contribution in [0.5, 0.6) is 0 Å². The lowest BCUT2D eigenvalue weighted by Gasteiger charge is -2.35. The van der Waals surface area contributed by atoms with E-state index in [0.717, 1.165) is 30.9 Å². The second-order valence-electron chi connectivity index (χ2n) is 5.21. The van der Waals surface area contributed by atoms with Crippen LogP contribution in [0.4, 0.5) is 0 Å². The second kappa shape index (κ2) is 5.41. The van der Waals surface area contributed by atoms with Crippen molar-refractivity contribution in [3.8, 4) is 0 Å². The molecule has 4 heteroatoms. The van der Waals surface area contributed by atoms with Crippen molar-refractivity contribution in [3.63, 3.8) is 0 Å². The molecule has 1 fully saturated rings. The normalized spacial score (nSPS) is 28.3. The van der Waals surface area contributed by atoms with Crippen molar-refractivity contribution in [3.05, 3.63) is 0 Å². The third-order valence-corrected chi connectivity index (χ3v) is 4.80. The molecule has 90 valence electrons. The topological polar surface area (TPSA) is 32.3 Å². The summed E-state index contributed by atoms with van der Waals surface area (Å²) in [6.07, 6.45) is 2.13. The maximum Gasteiger partial charge on any atom is 0.0271 e. The Balaban J connectivity index is 2.28. The van der Waals surface area contributed by atoms with Gasteiger partial charge in [-0.3, -0.25) is 4.21 Å². The molecule has 15 heavy (non-hydrogen) atoms. The van der Waals surface area contributed by atoms with Crippen LogP contribution >= 0.6 is 0 Å². The molecule has 0 aliphatic carbocycles. The van der Waals surface area contributed by atoms with Gasteiger partial charge in [-0.15, -0.1) is 0 Å². The lowest BCUT2D eigenvalue weighted by molar-refractivity contribution is 0.183. The van der Waals surface area contributed by atoms with Crippen molar-refractivity contribution < 1.29 is 4.21 Å². The SMILES string of the molecule is CN(C)C(C)(C)CNC1CCS(=O)CC1. The Morgan fingerprint density at radius 3 is 2.33 bits per heavy atom. The first-order valence-corrected chi connectivity index (χ1v) is 7.16. The molecule has 3 nitrogen and oxygen atoms in total. The van der Waals surface area contributed by atoms with E-state index in [4.69, 9.17) is 0 Å². The molecule has 1 aliphatic rings. The number of hydrogen-bond donors (Lipinski definition) is 1. The molecule has 0 bridgehead atoms. The Morgan fingerprint density at radius 2 is 1.87 bits per heavy atom. The van der Waals surface area contributed by atoms with Gasteiger partial charge in [-0.2, -0.15) is 0 Å². The molecule has 1 heterocycles. The number of rotatable bonds is 4. The van der Waals surface area contributed by atoms with Crippen LogP contribution < -0.4 is 5.32 Å². The maximum atomic E-state index is 11.2. The van der Waals surface area contributed by atoms with E-state index >= 15 is 0 Å². The van der Waals surface area contributed by atoms with Crippen LogP contribution in [0.15, 0.2) is 0 Å². The van der Waals surface area contributed by atoms with E-state index < -0.39 is 10.8 Å². The zero-order valence-corrected chi connectivity index (χ0v) is 11.2. The van der Waals surface area contributed by atoms with Crippen LogP contribution in [-0.4, -0.2) is 52.8 Å². The molecule has 0 aromatic heterocycles. The van der Waals surface area contributed by atoms with Crippen molar-refractivity contribution in [1.82, 2.24) is 10.2 Å². The molecule has 1 rings (SSSR count). The summed E-state index contributed by atoms with van der Waals surface area (Å²) in [5.41, 5.74) is 0.191. The van der Waals surface area contributed by atoms with Crippen molar-refractivity contribution in [2.45, 2.75) is 38.3 Å². The van der Waals surface area contributed by atoms with E-state index in [-0.39, 0.29) is 5.54 Å². The second-order valence-corrected chi connectivity index (χ2v) is 6.91. The van der Waals surface area contributed by atoms with Gasteiger partial charge in [0, 0.05) is 40.4 Å². The third kappa shape index (κ3) is 4.21. The first kappa shape index (κ1) is 13.1. The van der Waals surface area contributed by atoms with Gasteiger partial charge in [0.05, 0.1) is 0 Å². The molecule has 1 saturated heterocycles. The summed E-state index contributed by atoms with van der Waals surface area (Å²) in [7, 11) is 3.67. The Labute approximate surface area is 96.1 Å². The molecular formula is C11H24N2OS. The van der Waals surface area contributed by atoms with Crippen LogP contribution in [0.3, 0.4) is 0 Å². The standard InChI is InChI=1S/C11H24N2OS/c1-11(2,13(3)4)9-12-10-5-7-15(14)8-6-10/h10,12H,5-9H2,1-4H3. The van der Waals surface area contributed by atoms with Crippen molar-refractivity contribution >= 4 is 10.8 Å². The zero-order chi connectivity index (χ0) is 11.5. The summed E-state index contributed by atoms with van der Waals surface area (Å²) in [5, 5.41) is 3.59. The fourth-order valence-corrected chi connectivity index (χ4v) is 2.85. The fraction of sp³-hybridized carbons (Fsp3) is 1.00. The van der Waals surface area contributed by atoms with Gasteiger partial charge in [0.1, 0.15) is 0 Å². The van der Waals surface area contributed by atoms with Crippen molar-refractivity contribution in [2.75, 3.05) is 32.1 Å². The van der Waals surface area contributed by atoms with Gasteiger partial charge in [-0.05, 0) is 40.8 Å². The summed E-state index contributed by atoms with van der Waals surface area (Å²) in [6, 6.07) is 0.571. The Kier molecular flexibility index (Phi) is 4.74. The van der Waals surface area contributed by atoms with E-state index in [1.807, 2.05) is 0 Å². The average molecular weight is 232 g/mol. The summed E-state index contributed by atoms with van der Waals surface area (Å²) < 4.78 is 11.2. The Morgan fingerprint density at radius 1 is 1.33 bits per heavy atom. The predicted molar refractivity (Wildman–Crippen MR) is 66.7 cm³/mol. The van der Waals surface area contributed by atoms with E-state index in [1.165, 1.54) is 0 Å². The molecule has 0 aromatic rings. The monoisotopic (exact) mass is 232 g/mol. The van der Waals surface area contributed by atoms with Gasteiger partial charge in [0.25, 0.3) is 0 Å². The highest BCUT2D eigenvalue weighted by atomic mass is 32.2. The first-order chi connectivity index (χ1) is 6.92. The molecule has 0 unspecified atom stereocenters. The van der Waals surface area contributed by atoms with Gasteiger partial charge in [-0.1, -0.05) is 0 Å². The summed E-state index contributed by atoms with van der Waals surface area (Å²) >= 11 is 0. The van der Waals surface area contributed by atoms with Crippen molar-refractivity contribution in [2.24, 2.45) is 0 Å². The van der Waals surface area contributed by atoms with Gasteiger partial charge in [0.15, 0.2) is 0 Å². The molecule has 0 aromatic carbocycles. The largest absolute Gasteiger partial charge is 0.312 e. The highest BCUT2D eigenvalue weighted by Gasteiger charge is 2.23. The third-order valence-electron chi connectivity index (χ3n) is 3.42. The van der Waals surface area contributed by atoms with E-state index in [9.17, 15) is 4.21 Å². The van der Waals surface area contributed by atoms with Crippen LogP contribution in [0, 0.1) is 0 Å². The fourth-order valence-electron chi connectivity index (χ4n) is 1.55. The molecule has 0 radical (unpaired) electrons. The Hall–Kier alpha value is 0.0700. The molecular weight excluding hydrogens is 208 g/mol. The number of nitrogens with one attached hydrogen (secondary N) is 1. The molecule has 0 amide bonds. The minimum atomic E-state index is -0.545. The number of hydrogen-bond acceptors (Lipinski definition) is 3. The van der Waals surface area contributed by atoms with Crippen LogP contribution in [0.25, 0.3) is 0 Å². The lowest BCUT2D eigenvalue weighted by Crippen LogP contribution is -2.50. The summed E-state index contributed by atoms with van der Waals surface area (Å²) in [6.45, 7) is 5.47. The molecule has 0 saturated carbocycles. The average Bonchev–Trinajstić information content (AvgIpc) is 2.17. The minimum Gasteiger partial charge on any atom is -0.312 e. The van der Waals surface area contributed by atoms with Crippen molar-refractivity contribution in [1.29, 1.82) is 0 Å². The van der Waals surface area contributed by atoms with Crippen LogP contribution in [-0.2, 0) is 10.8 Å². The first-order valence-electron chi connectivity index (χ1n) is 5.67. The zero-order valence-electron chi connectivity index (χ0n) is 10.4. The van der Waals surface area contributed by atoms with Gasteiger partial charge in [0.2, 0.25) is 0 Å². The molecule has 0 atom stereocenters. The number of likely N-dealkylation sites (N-methyl/N-ethyl adjacent to an activating group) is 1. The van der Waals surface area contributed by atoms with E-state index in [0.29, 0.717) is 6.04 Å². The van der Waals surface area contributed by atoms with E-state index in [1.54, 1.807) is 0 Å². The van der Waals surface area contributed by atoms with E-state index in [2.05, 4.69) is 38.2 Å². The minimum absolute atomic E-state index is 0.191. The van der Waals surface area contributed by atoms with Gasteiger partial charge >= 0.3 is 0 Å². The number of nitrogens with zero attached hydrogens (tertiary/aromatic N) is 1. The summed E-state index contributed by atoms with van der Waals surface area (Å²) in [4.78, 5) is 2.24. The molecule has 1 N–H and O–H groups in total.